The zero-order valence-corrected chi connectivity index (χ0v) is 11.9. The molecule has 2 aromatic heterocycles. The summed E-state index contributed by atoms with van der Waals surface area (Å²) < 4.78 is 40.3. The lowest BCUT2D eigenvalue weighted by Gasteiger charge is -2.08. The van der Waals surface area contributed by atoms with E-state index in [9.17, 15) is 18.3 Å². The minimum atomic E-state index is -4.51. The molecule has 23 heavy (non-hydrogen) atoms. The maximum absolute atomic E-state index is 12.9. The van der Waals surface area contributed by atoms with Crippen molar-refractivity contribution in [1.82, 2.24) is 9.38 Å². The first kappa shape index (κ1) is 15.0. The second kappa shape index (κ2) is 5.38. The predicted octanol–water partition coefficient (Wildman–Crippen LogP) is 4.78. The molecular formula is C15H11F3N4O. The number of pyridine rings is 1. The maximum Gasteiger partial charge on any atom is 0.418 e. The minimum Gasteiger partial charge on any atom is -0.504 e. The number of halogens is 3. The molecule has 0 saturated carbocycles. The number of nitrogens with zero attached hydrogens (tertiary/aromatic N) is 4. The molecule has 0 aliphatic heterocycles. The Labute approximate surface area is 128 Å². The maximum atomic E-state index is 12.9. The number of rotatable bonds is 2. The van der Waals surface area contributed by atoms with Crippen molar-refractivity contribution in [3.05, 3.63) is 53.9 Å². The molecule has 0 unspecified atom stereocenters. The summed E-state index contributed by atoms with van der Waals surface area (Å²) in [6, 6.07) is 7.97. The molecule has 3 aromatic rings. The number of hydrogen-bond acceptors (Lipinski definition) is 4. The topological polar surface area (TPSA) is 62.2 Å². The van der Waals surface area contributed by atoms with Gasteiger partial charge in [-0.1, -0.05) is 12.1 Å². The standard InChI is InChI=1S/C15H11F3N4O/c1-9-13(22-8-4-7-12(23)14(22)19-9)21-20-11-6-3-2-5-10(11)15(16,17)18/h2-8,23H,1H3. The first-order chi connectivity index (χ1) is 10.9. The van der Waals surface area contributed by atoms with E-state index in [1.165, 1.54) is 28.7 Å². The van der Waals surface area contributed by atoms with Crippen molar-refractivity contribution in [3.8, 4) is 5.75 Å². The summed E-state index contributed by atoms with van der Waals surface area (Å²) in [4.78, 5) is 4.13. The highest BCUT2D eigenvalue weighted by molar-refractivity contribution is 5.60. The van der Waals surface area contributed by atoms with Crippen molar-refractivity contribution < 1.29 is 18.3 Å². The summed E-state index contributed by atoms with van der Waals surface area (Å²) >= 11 is 0. The lowest BCUT2D eigenvalue weighted by molar-refractivity contribution is -0.137. The van der Waals surface area contributed by atoms with Gasteiger partial charge in [-0.3, -0.25) is 4.40 Å². The van der Waals surface area contributed by atoms with Crippen molar-refractivity contribution in [2.24, 2.45) is 10.2 Å². The number of azo groups is 1. The SMILES string of the molecule is Cc1nc2c(O)cccn2c1N=Nc1ccccc1C(F)(F)F. The molecular weight excluding hydrogens is 309 g/mol. The molecule has 0 radical (unpaired) electrons. The monoisotopic (exact) mass is 320 g/mol. The van der Waals surface area contributed by atoms with E-state index in [2.05, 4.69) is 15.2 Å². The van der Waals surface area contributed by atoms with E-state index in [1.54, 1.807) is 19.2 Å². The molecule has 0 aliphatic rings. The van der Waals surface area contributed by atoms with Gasteiger partial charge in [-0.2, -0.15) is 13.2 Å². The number of fused-ring (bicyclic) bond motifs is 1. The zero-order chi connectivity index (χ0) is 16.6. The number of alkyl halides is 3. The Morgan fingerprint density at radius 2 is 1.83 bits per heavy atom. The summed E-state index contributed by atoms with van der Waals surface area (Å²) in [6.07, 6.45) is -2.92. The van der Waals surface area contributed by atoms with E-state index in [4.69, 9.17) is 0 Å². The molecule has 118 valence electrons. The van der Waals surface area contributed by atoms with E-state index in [-0.39, 0.29) is 22.9 Å². The minimum absolute atomic E-state index is 0.0484. The van der Waals surface area contributed by atoms with Crippen LogP contribution in [-0.2, 0) is 6.18 Å². The van der Waals surface area contributed by atoms with Crippen LogP contribution in [0.25, 0.3) is 5.65 Å². The fraction of sp³-hybridized carbons (Fsp3) is 0.133. The molecule has 8 heteroatoms. The number of aromatic nitrogens is 2. The quantitative estimate of drug-likeness (QED) is 0.691. The van der Waals surface area contributed by atoms with Crippen LogP contribution < -0.4 is 0 Å². The Morgan fingerprint density at radius 1 is 1.09 bits per heavy atom. The van der Waals surface area contributed by atoms with Gasteiger partial charge >= 0.3 is 6.18 Å². The van der Waals surface area contributed by atoms with Crippen LogP contribution >= 0.6 is 0 Å². The Balaban J connectivity index is 2.09. The number of hydrogen-bond donors (Lipinski definition) is 1. The van der Waals surface area contributed by atoms with Crippen LogP contribution in [0, 0.1) is 6.92 Å². The largest absolute Gasteiger partial charge is 0.504 e. The van der Waals surface area contributed by atoms with Gasteiger partial charge < -0.3 is 5.11 Å². The third kappa shape index (κ3) is 2.75. The van der Waals surface area contributed by atoms with Crippen LogP contribution in [0.4, 0.5) is 24.7 Å². The number of imidazole rings is 1. The van der Waals surface area contributed by atoms with Gasteiger partial charge in [0.05, 0.1) is 16.9 Å². The zero-order valence-electron chi connectivity index (χ0n) is 11.9. The van der Waals surface area contributed by atoms with Gasteiger partial charge in [-0.25, -0.2) is 4.98 Å². The average Bonchev–Trinajstić information content (AvgIpc) is 2.82. The molecule has 0 saturated heterocycles. The van der Waals surface area contributed by atoms with Crippen molar-refractivity contribution >= 4 is 17.2 Å². The Morgan fingerprint density at radius 3 is 2.57 bits per heavy atom. The van der Waals surface area contributed by atoms with Crippen molar-refractivity contribution in [2.45, 2.75) is 13.1 Å². The molecule has 0 aliphatic carbocycles. The van der Waals surface area contributed by atoms with Gasteiger partial charge in [0.2, 0.25) is 0 Å². The normalized spacial score (nSPS) is 12.3. The van der Waals surface area contributed by atoms with Crippen LogP contribution in [0.5, 0.6) is 5.75 Å². The molecule has 0 fully saturated rings. The first-order valence-electron chi connectivity index (χ1n) is 6.62. The fourth-order valence-corrected chi connectivity index (χ4v) is 2.18. The van der Waals surface area contributed by atoms with E-state index in [0.29, 0.717) is 5.69 Å². The molecule has 5 nitrogen and oxygen atoms in total. The molecule has 0 atom stereocenters. The summed E-state index contributed by atoms with van der Waals surface area (Å²) in [5, 5.41) is 17.4. The molecule has 1 aromatic carbocycles. The number of aromatic hydroxyl groups is 1. The third-order valence-electron chi connectivity index (χ3n) is 3.23. The van der Waals surface area contributed by atoms with Gasteiger partial charge in [-0.05, 0) is 31.2 Å². The molecule has 2 heterocycles. The smallest absolute Gasteiger partial charge is 0.418 e. The van der Waals surface area contributed by atoms with E-state index in [1.807, 2.05) is 0 Å². The van der Waals surface area contributed by atoms with Crippen LogP contribution in [-0.4, -0.2) is 14.5 Å². The number of aryl methyl sites for hydroxylation is 1. The van der Waals surface area contributed by atoms with E-state index in [0.717, 1.165) is 6.07 Å². The second-order valence-corrected chi connectivity index (χ2v) is 4.82. The molecule has 3 rings (SSSR count). The molecule has 1 N–H and O–H groups in total. The Kier molecular flexibility index (Phi) is 3.51. The van der Waals surface area contributed by atoms with Crippen molar-refractivity contribution in [2.75, 3.05) is 0 Å². The summed E-state index contributed by atoms with van der Waals surface area (Å²) in [5.41, 5.74) is -0.435. The molecule has 0 spiro atoms. The molecule has 0 bridgehead atoms. The van der Waals surface area contributed by atoms with Crippen molar-refractivity contribution in [3.63, 3.8) is 0 Å². The van der Waals surface area contributed by atoms with Crippen molar-refractivity contribution in [1.29, 1.82) is 0 Å². The average molecular weight is 320 g/mol. The Bertz CT molecular complexity index is 899. The van der Waals surface area contributed by atoms with Gasteiger partial charge in [0.1, 0.15) is 0 Å². The molecule has 0 amide bonds. The van der Waals surface area contributed by atoms with E-state index < -0.39 is 11.7 Å². The van der Waals surface area contributed by atoms with Gasteiger partial charge in [0.15, 0.2) is 17.2 Å². The second-order valence-electron chi connectivity index (χ2n) is 4.82. The number of benzene rings is 1. The first-order valence-corrected chi connectivity index (χ1v) is 6.62. The van der Waals surface area contributed by atoms with Gasteiger partial charge in [0, 0.05) is 6.20 Å². The van der Waals surface area contributed by atoms with Crippen LogP contribution in [0.15, 0.2) is 52.8 Å². The van der Waals surface area contributed by atoms with Crippen LogP contribution in [0.1, 0.15) is 11.3 Å². The fourth-order valence-electron chi connectivity index (χ4n) is 2.18. The third-order valence-corrected chi connectivity index (χ3v) is 3.23. The van der Waals surface area contributed by atoms with Gasteiger partial charge in [0.25, 0.3) is 0 Å². The summed E-state index contributed by atoms with van der Waals surface area (Å²) in [6.45, 7) is 1.64. The lowest BCUT2D eigenvalue weighted by atomic mass is 10.2. The Hall–Kier alpha value is -2.90. The summed E-state index contributed by atoms with van der Waals surface area (Å²) in [5.74, 6) is 0.209. The highest BCUT2D eigenvalue weighted by Crippen LogP contribution is 2.37. The van der Waals surface area contributed by atoms with Crippen LogP contribution in [0.3, 0.4) is 0 Å². The highest BCUT2D eigenvalue weighted by Gasteiger charge is 2.33. The highest BCUT2D eigenvalue weighted by atomic mass is 19.4. The van der Waals surface area contributed by atoms with Crippen LogP contribution in [0.2, 0.25) is 0 Å². The van der Waals surface area contributed by atoms with E-state index >= 15 is 0 Å². The lowest BCUT2D eigenvalue weighted by Crippen LogP contribution is -2.04. The predicted molar refractivity (Wildman–Crippen MR) is 77.2 cm³/mol. The van der Waals surface area contributed by atoms with Gasteiger partial charge in [-0.15, -0.1) is 10.2 Å². The summed E-state index contributed by atoms with van der Waals surface area (Å²) in [7, 11) is 0.